The first-order valence-electron chi connectivity index (χ1n) is 5.04. The summed E-state index contributed by atoms with van der Waals surface area (Å²) in [6.45, 7) is 12.5. The maximum absolute atomic E-state index is 5.76. The third-order valence-corrected chi connectivity index (χ3v) is 2.38. The van der Waals surface area contributed by atoms with Gasteiger partial charge in [-0.1, -0.05) is 34.6 Å². The van der Waals surface area contributed by atoms with Crippen molar-refractivity contribution >= 4 is 0 Å². The molecule has 0 aromatic carbocycles. The summed E-state index contributed by atoms with van der Waals surface area (Å²) in [5.74, 6) is 0. The Morgan fingerprint density at radius 2 is 1.77 bits per heavy atom. The van der Waals surface area contributed by atoms with E-state index in [1.165, 1.54) is 0 Å². The summed E-state index contributed by atoms with van der Waals surface area (Å²) in [5, 5.41) is 0. The second kappa shape index (κ2) is 3.58. The smallest absolute Gasteiger partial charge is 0.162 e. The molecule has 0 bridgehead atoms. The van der Waals surface area contributed by atoms with Crippen molar-refractivity contribution in [1.29, 1.82) is 0 Å². The van der Waals surface area contributed by atoms with Gasteiger partial charge in [-0.25, -0.2) is 0 Å². The van der Waals surface area contributed by atoms with Gasteiger partial charge in [0.1, 0.15) is 0 Å². The summed E-state index contributed by atoms with van der Waals surface area (Å²) in [4.78, 5) is 0. The first-order chi connectivity index (χ1) is 5.81. The second-order valence-electron chi connectivity index (χ2n) is 5.79. The zero-order valence-electron chi connectivity index (χ0n) is 9.52. The highest BCUT2D eigenvalue weighted by Gasteiger charge is 2.32. The minimum atomic E-state index is -0.0470. The molecule has 1 saturated heterocycles. The molecule has 0 saturated carbocycles. The number of ether oxygens (including phenoxy) is 2. The van der Waals surface area contributed by atoms with Gasteiger partial charge in [-0.3, -0.25) is 0 Å². The fourth-order valence-electron chi connectivity index (χ4n) is 1.36. The fraction of sp³-hybridized carbons (Fsp3) is 1.00. The van der Waals surface area contributed by atoms with Crippen molar-refractivity contribution in [1.82, 2.24) is 0 Å². The van der Waals surface area contributed by atoms with Crippen LogP contribution in [0.1, 0.15) is 41.0 Å². The lowest BCUT2D eigenvalue weighted by Crippen LogP contribution is -2.32. The fourth-order valence-corrected chi connectivity index (χ4v) is 1.36. The van der Waals surface area contributed by atoms with Gasteiger partial charge in [0.15, 0.2) is 6.29 Å². The van der Waals surface area contributed by atoms with E-state index in [2.05, 4.69) is 34.6 Å². The molecule has 1 unspecified atom stereocenters. The van der Waals surface area contributed by atoms with Crippen LogP contribution >= 0.6 is 0 Å². The highest BCUT2D eigenvalue weighted by Crippen LogP contribution is 2.31. The summed E-state index contributed by atoms with van der Waals surface area (Å²) in [5.41, 5.74) is 0.348. The maximum Gasteiger partial charge on any atom is 0.162 e. The van der Waals surface area contributed by atoms with Crippen molar-refractivity contribution in [3.63, 3.8) is 0 Å². The van der Waals surface area contributed by atoms with E-state index in [1.807, 2.05) is 0 Å². The van der Waals surface area contributed by atoms with Gasteiger partial charge in [0.05, 0.1) is 13.2 Å². The molecule has 0 spiro atoms. The Bertz CT molecular complexity index is 167. The van der Waals surface area contributed by atoms with Crippen LogP contribution in [0.3, 0.4) is 0 Å². The molecule has 13 heavy (non-hydrogen) atoms. The van der Waals surface area contributed by atoms with Crippen molar-refractivity contribution in [2.45, 2.75) is 47.3 Å². The Morgan fingerprint density at radius 3 is 2.31 bits per heavy atom. The van der Waals surface area contributed by atoms with Gasteiger partial charge in [0.25, 0.3) is 0 Å². The van der Waals surface area contributed by atoms with Crippen LogP contribution in [0.4, 0.5) is 0 Å². The van der Waals surface area contributed by atoms with E-state index in [1.54, 1.807) is 0 Å². The lowest BCUT2D eigenvalue weighted by molar-refractivity contribution is -0.185. The van der Waals surface area contributed by atoms with Crippen LogP contribution in [0.25, 0.3) is 0 Å². The molecule has 2 heteroatoms. The summed E-state index contributed by atoms with van der Waals surface area (Å²) < 4.78 is 11.4. The van der Waals surface area contributed by atoms with Crippen molar-refractivity contribution in [3.05, 3.63) is 0 Å². The number of hydrogen-bond donors (Lipinski definition) is 0. The molecule has 78 valence electrons. The molecule has 0 aromatic heterocycles. The molecule has 0 aliphatic carbocycles. The molecular weight excluding hydrogens is 164 g/mol. The van der Waals surface area contributed by atoms with E-state index in [0.717, 1.165) is 19.6 Å². The zero-order chi connectivity index (χ0) is 10.1. The van der Waals surface area contributed by atoms with E-state index in [9.17, 15) is 0 Å². The van der Waals surface area contributed by atoms with Crippen LogP contribution in [-0.2, 0) is 9.47 Å². The van der Waals surface area contributed by atoms with Crippen molar-refractivity contribution in [2.24, 2.45) is 10.8 Å². The standard InChI is InChI=1S/C11H22O2/c1-10(2,3)9-12-7-6-11(4,5)8-13-9/h9H,6-8H2,1-5H3. The van der Waals surface area contributed by atoms with E-state index < -0.39 is 0 Å². The van der Waals surface area contributed by atoms with Crippen LogP contribution in [0.5, 0.6) is 0 Å². The summed E-state index contributed by atoms with van der Waals surface area (Å²) in [6.07, 6.45) is 1.04. The van der Waals surface area contributed by atoms with Crippen molar-refractivity contribution in [2.75, 3.05) is 13.2 Å². The topological polar surface area (TPSA) is 18.5 Å². The lowest BCUT2D eigenvalue weighted by atomic mass is 9.91. The third-order valence-electron chi connectivity index (χ3n) is 2.38. The molecule has 1 heterocycles. The zero-order valence-corrected chi connectivity index (χ0v) is 9.52. The van der Waals surface area contributed by atoms with Crippen LogP contribution < -0.4 is 0 Å². The molecule has 2 nitrogen and oxygen atoms in total. The minimum absolute atomic E-state index is 0.0470. The molecule has 1 rings (SSSR count). The summed E-state index contributed by atoms with van der Waals surface area (Å²) in [6, 6.07) is 0. The average Bonchev–Trinajstić information content (AvgIpc) is 2.08. The van der Waals surface area contributed by atoms with E-state index in [-0.39, 0.29) is 17.1 Å². The van der Waals surface area contributed by atoms with Crippen molar-refractivity contribution in [3.8, 4) is 0 Å². The van der Waals surface area contributed by atoms with Gasteiger partial charge in [0.2, 0.25) is 0 Å². The van der Waals surface area contributed by atoms with E-state index >= 15 is 0 Å². The molecule has 1 aliphatic rings. The predicted octanol–water partition coefficient (Wildman–Crippen LogP) is 2.82. The van der Waals surface area contributed by atoms with Gasteiger partial charge in [-0.15, -0.1) is 0 Å². The number of hydrogen-bond acceptors (Lipinski definition) is 2. The first kappa shape index (κ1) is 11.0. The Hall–Kier alpha value is -0.0800. The van der Waals surface area contributed by atoms with Crippen molar-refractivity contribution < 1.29 is 9.47 Å². The van der Waals surface area contributed by atoms with Gasteiger partial charge in [-0.2, -0.15) is 0 Å². The Kier molecular flexibility index (Phi) is 3.03. The monoisotopic (exact) mass is 186 g/mol. The third kappa shape index (κ3) is 3.28. The quantitative estimate of drug-likeness (QED) is 0.579. The second-order valence-corrected chi connectivity index (χ2v) is 5.79. The lowest BCUT2D eigenvalue weighted by Gasteiger charge is -2.29. The van der Waals surface area contributed by atoms with Gasteiger partial charge in [0, 0.05) is 5.41 Å². The normalized spacial score (nSPS) is 29.8. The molecule has 0 aromatic rings. The molecule has 1 atom stereocenters. The maximum atomic E-state index is 5.76. The summed E-state index contributed by atoms with van der Waals surface area (Å²) in [7, 11) is 0. The molecule has 1 aliphatic heterocycles. The largest absolute Gasteiger partial charge is 0.352 e. The van der Waals surface area contributed by atoms with Crippen LogP contribution in [0.15, 0.2) is 0 Å². The number of rotatable bonds is 0. The molecule has 1 fully saturated rings. The summed E-state index contributed by atoms with van der Waals surface area (Å²) >= 11 is 0. The minimum Gasteiger partial charge on any atom is -0.352 e. The van der Waals surface area contributed by atoms with E-state index in [0.29, 0.717) is 0 Å². The predicted molar refractivity (Wildman–Crippen MR) is 53.5 cm³/mol. The SMILES string of the molecule is CC1(C)CCOC(C(C)(C)C)OC1. The highest BCUT2D eigenvalue weighted by molar-refractivity contribution is 4.74. The molecule has 0 N–H and O–H groups in total. The van der Waals surface area contributed by atoms with Gasteiger partial charge < -0.3 is 9.47 Å². The van der Waals surface area contributed by atoms with Crippen LogP contribution in [0, 0.1) is 10.8 Å². The first-order valence-corrected chi connectivity index (χ1v) is 5.04. The molecular formula is C11H22O2. The van der Waals surface area contributed by atoms with Gasteiger partial charge >= 0.3 is 0 Å². The highest BCUT2D eigenvalue weighted by atomic mass is 16.7. The molecule has 0 radical (unpaired) electrons. The average molecular weight is 186 g/mol. The van der Waals surface area contributed by atoms with E-state index in [4.69, 9.17) is 9.47 Å². The van der Waals surface area contributed by atoms with Crippen LogP contribution in [0.2, 0.25) is 0 Å². The van der Waals surface area contributed by atoms with Gasteiger partial charge in [-0.05, 0) is 11.8 Å². The Labute approximate surface area is 81.6 Å². The van der Waals surface area contributed by atoms with Crippen LogP contribution in [-0.4, -0.2) is 19.5 Å². The molecule has 0 amide bonds. The Morgan fingerprint density at radius 1 is 1.15 bits per heavy atom. The Balaban J connectivity index is 2.55.